The van der Waals surface area contributed by atoms with Gasteiger partial charge >= 0.3 is 0 Å². The van der Waals surface area contributed by atoms with E-state index in [2.05, 4.69) is 23.1 Å². The Morgan fingerprint density at radius 3 is 2.36 bits per heavy atom. The van der Waals surface area contributed by atoms with E-state index >= 15 is 0 Å². The Labute approximate surface area is 137 Å². The van der Waals surface area contributed by atoms with E-state index in [-0.39, 0.29) is 11.4 Å². The zero-order valence-electron chi connectivity index (χ0n) is 13.7. The van der Waals surface area contributed by atoms with Crippen molar-refractivity contribution in [3.63, 3.8) is 0 Å². The van der Waals surface area contributed by atoms with Crippen LogP contribution in [0.25, 0.3) is 0 Å². The van der Waals surface area contributed by atoms with Crippen LogP contribution in [0.3, 0.4) is 0 Å². The van der Waals surface area contributed by atoms with E-state index in [0.717, 1.165) is 18.6 Å². The third-order valence-electron chi connectivity index (χ3n) is 2.66. The first-order valence-corrected chi connectivity index (χ1v) is 7.84. The SMILES string of the molecule is CCCCOc1ccc(C(=O)NNC(=S)NC(C)(C)C)cc1. The highest BCUT2D eigenvalue weighted by atomic mass is 32.1. The highest BCUT2D eigenvalue weighted by molar-refractivity contribution is 7.80. The van der Waals surface area contributed by atoms with Gasteiger partial charge in [-0.2, -0.15) is 0 Å². The van der Waals surface area contributed by atoms with Gasteiger partial charge in [-0.1, -0.05) is 13.3 Å². The molecule has 1 amide bonds. The highest BCUT2D eigenvalue weighted by Gasteiger charge is 2.12. The van der Waals surface area contributed by atoms with Crippen LogP contribution in [0, 0.1) is 0 Å². The molecule has 3 N–H and O–H groups in total. The Morgan fingerprint density at radius 2 is 1.82 bits per heavy atom. The van der Waals surface area contributed by atoms with E-state index < -0.39 is 0 Å². The van der Waals surface area contributed by atoms with Crippen LogP contribution in [0.4, 0.5) is 0 Å². The number of benzene rings is 1. The van der Waals surface area contributed by atoms with Crippen molar-refractivity contribution in [2.24, 2.45) is 0 Å². The molecule has 0 unspecified atom stereocenters. The molecule has 122 valence electrons. The number of carbonyl (C=O) groups excluding carboxylic acids is 1. The Balaban J connectivity index is 2.44. The minimum Gasteiger partial charge on any atom is -0.494 e. The van der Waals surface area contributed by atoms with Crippen LogP contribution in [-0.2, 0) is 0 Å². The molecule has 0 heterocycles. The summed E-state index contributed by atoms with van der Waals surface area (Å²) >= 11 is 5.09. The first kappa shape index (κ1) is 18.2. The largest absolute Gasteiger partial charge is 0.494 e. The number of rotatable bonds is 5. The number of carbonyl (C=O) groups is 1. The summed E-state index contributed by atoms with van der Waals surface area (Å²) in [7, 11) is 0. The van der Waals surface area contributed by atoms with Gasteiger partial charge in [-0.15, -0.1) is 0 Å². The Bertz CT molecular complexity index is 495. The first-order valence-electron chi connectivity index (χ1n) is 7.43. The van der Waals surface area contributed by atoms with Crippen LogP contribution >= 0.6 is 12.2 Å². The Kier molecular flexibility index (Phi) is 7.11. The number of hydrogen-bond donors (Lipinski definition) is 3. The van der Waals surface area contributed by atoms with Crippen molar-refractivity contribution < 1.29 is 9.53 Å². The van der Waals surface area contributed by atoms with Gasteiger partial charge in [0.05, 0.1) is 6.61 Å². The van der Waals surface area contributed by atoms with Crippen LogP contribution in [0.5, 0.6) is 5.75 Å². The molecule has 0 aromatic heterocycles. The molecular formula is C16H25N3O2S. The fourth-order valence-corrected chi connectivity index (χ4v) is 1.95. The fourth-order valence-electron chi connectivity index (χ4n) is 1.59. The Hall–Kier alpha value is -1.82. The van der Waals surface area contributed by atoms with E-state index in [9.17, 15) is 4.79 Å². The molecule has 0 bridgehead atoms. The third kappa shape index (κ3) is 7.26. The van der Waals surface area contributed by atoms with Gasteiger partial charge in [-0.25, -0.2) is 0 Å². The minimum atomic E-state index is -0.252. The second kappa shape index (κ2) is 8.58. The summed E-state index contributed by atoms with van der Waals surface area (Å²) in [5.41, 5.74) is 5.62. The number of unbranched alkanes of at least 4 members (excludes halogenated alkanes) is 1. The molecular weight excluding hydrogens is 298 g/mol. The smallest absolute Gasteiger partial charge is 0.269 e. The molecule has 22 heavy (non-hydrogen) atoms. The summed E-state index contributed by atoms with van der Waals surface area (Å²) in [5.74, 6) is 0.515. The first-order chi connectivity index (χ1) is 10.3. The van der Waals surface area contributed by atoms with Gasteiger partial charge in [-0.3, -0.25) is 15.6 Å². The predicted octanol–water partition coefficient (Wildman–Crippen LogP) is 2.77. The number of nitrogens with one attached hydrogen (secondary N) is 3. The second-order valence-corrected chi connectivity index (χ2v) is 6.42. The predicted molar refractivity (Wildman–Crippen MR) is 92.9 cm³/mol. The maximum Gasteiger partial charge on any atom is 0.269 e. The van der Waals surface area contributed by atoms with Crippen LogP contribution in [-0.4, -0.2) is 23.2 Å². The van der Waals surface area contributed by atoms with Crippen molar-refractivity contribution in [3.8, 4) is 5.75 Å². The lowest BCUT2D eigenvalue weighted by Gasteiger charge is -2.23. The molecule has 0 spiro atoms. The lowest BCUT2D eigenvalue weighted by atomic mass is 10.1. The van der Waals surface area contributed by atoms with Crippen molar-refractivity contribution in [1.82, 2.24) is 16.2 Å². The average Bonchev–Trinajstić information content (AvgIpc) is 2.44. The molecule has 0 fully saturated rings. The zero-order chi connectivity index (χ0) is 16.6. The summed E-state index contributed by atoms with van der Waals surface area (Å²) < 4.78 is 5.56. The van der Waals surface area contributed by atoms with E-state index in [1.54, 1.807) is 24.3 Å². The molecule has 1 aromatic rings. The van der Waals surface area contributed by atoms with Gasteiger partial charge in [0.1, 0.15) is 5.75 Å². The molecule has 0 saturated carbocycles. The number of thiocarbonyl (C=S) groups is 1. The molecule has 1 aromatic carbocycles. The zero-order valence-corrected chi connectivity index (χ0v) is 14.5. The standard InChI is InChI=1S/C16H25N3O2S/c1-5-6-11-21-13-9-7-12(8-10-13)14(20)18-19-15(22)17-16(2,3)4/h7-10H,5-6,11H2,1-4H3,(H,18,20)(H2,17,19,22). The number of hydrogen-bond acceptors (Lipinski definition) is 3. The van der Waals surface area contributed by atoms with Gasteiger partial charge in [0, 0.05) is 11.1 Å². The lowest BCUT2D eigenvalue weighted by Crippen LogP contribution is -2.52. The van der Waals surface area contributed by atoms with E-state index in [1.165, 1.54) is 0 Å². The fraction of sp³-hybridized carbons (Fsp3) is 0.500. The van der Waals surface area contributed by atoms with E-state index in [0.29, 0.717) is 17.3 Å². The van der Waals surface area contributed by atoms with Gasteiger partial charge in [0.15, 0.2) is 5.11 Å². The number of hydrazine groups is 1. The van der Waals surface area contributed by atoms with Gasteiger partial charge in [0.25, 0.3) is 5.91 Å². The number of ether oxygens (including phenoxy) is 1. The van der Waals surface area contributed by atoms with Crippen molar-refractivity contribution in [2.45, 2.75) is 46.1 Å². The summed E-state index contributed by atoms with van der Waals surface area (Å²) in [5, 5.41) is 3.42. The van der Waals surface area contributed by atoms with Crippen molar-refractivity contribution >= 4 is 23.2 Å². The maximum atomic E-state index is 12.0. The summed E-state index contributed by atoms with van der Waals surface area (Å²) in [6, 6.07) is 7.02. The monoisotopic (exact) mass is 323 g/mol. The quantitative estimate of drug-likeness (QED) is 0.442. The van der Waals surface area contributed by atoms with Crippen LogP contribution in [0.2, 0.25) is 0 Å². The molecule has 1 rings (SSSR count). The van der Waals surface area contributed by atoms with Crippen LogP contribution < -0.4 is 20.9 Å². The molecule has 0 aliphatic rings. The van der Waals surface area contributed by atoms with Crippen molar-refractivity contribution in [3.05, 3.63) is 29.8 Å². The second-order valence-electron chi connectivity index (χ2n) is 6.01. The summed E-state index contributed by atoms with van der Waals surface area (Å²) in [6.45, 7) is 8.76. The van der Waals surface area contributed by atoms with Crippen LogP contribution in [0.1, 0.15) is 50.9 Å². The van der Waals surface area contributed by atoms with Gasteiger partial charge < -0.3 is 10.1 Å². The maximum absolute atomic E-state index is 12.0. The topological polar surface area (TPSA) is 62.4 Å². The Morgan fingerprint density at radius 1 is 1.18 bits per heavy atom. The molecule has 0 aliphatic carbocycles. The summed E-state index contributed by atoms with van der Waals surface area (Å²) in [4.78, 5) is 12.0. The molecule has 0 radical (unpaired) electrons. The number of amides is 1. The normalized spacial score (nSPS) is 10.7. The van der Waals surface area contributed by atoms with E-state index in [1.807, 2.05) is 20.8 Å². The van der Waals surface area contributed by atoms with Crippen molar-refractivity contribution in [1.29, 1.82) is 0 Å². The average molecular weight is 323 g/mol. The molecule has 6 heteroatoms. The minimum absolute atomic E-state index is 0.160. The van der Waals surface area contributed by atoms with Crippen molar-refractivity contribution in [2.75, 3.05) is 6.61 Å². The highest BCUT2D eigenvalue weighted by Crippen LogP contribution is 2.12. The lowest BCUT2D eigenvalue weighted by molar-refractivity contribution is 0.0943. The van der Waals surface area contributed by atoms with Crippen LogP contribution in [0.15, 0.2) is 24.3 Å². The molecule has 0 aliphatic heterocycles. The summed E-state index contributed by atoms with van der Waals surface area (Å²) in [6.07, 6.45) is 2.11. The van der Waals surface area contributed by atoms with Gasteiger partial charge in [0.2, 0.25) is 0 Å². The molecule has 0 saturated heterocycles. The van der Waals surface area contributed by atoms with Gasteiger partial charge in [-0.05, 0) is 63.7 Å². The van der Waals surface area contributed by atoms with E-state index in [4.69, 9.17) is 17.0 Å². The molecule has 5 nitrogen and oxygen atoms in total. The molecule has 0 atom stereocenters. The third-order valence-corrected chi connectivity index (χ3v) is 2.87.